The van der Waals surface area contributed by atoms with Crippen molar-refractivity contribution in [2.75, 3.05) is 13.2 Å². The highest BCUT2D eigenvalue weighted by Gasteiger charge is 2.22. The van der Waals surface area contributed by atoms with E-state index in [9.17, 15) is 0 Å². The predicted molar refractivity (Wildman–Crippen MR) is 37.9 cm³/mol. The first kappa shape index (κ1) is 13.9. The molecule has 3 atom stereocenters. The van der Waals surface area contributed by atoms with E-state index < -0.39 is 31.5 Å². The van der Waals surface area contributed by atoms with Crippen LogP contribution in [0.2, 0.25) is 0 Å². The highest BCUT2D eigenvalue weighted by molar-refractivity contribution is 5.75. The van der Waals surface area contributed by atoms with Gasteiger partial charge in [0.2, 0.25) is 0 Å². The van der Waals surface area contributed by atoms with Gasteiger partial charge < -0.3 is 25.5 Å². The summed E-state index contributed by atoms with van der Waals surface area (Å²) in [4.78, 5) is 0. The second-order valence-electron chi connectivity index (χ2n) is 1.99. The van der Waals surface area contributed by atoms with Gasteiger partial charge in [-0.1, -0.05) is 0 Å². The molecule has 0 amide bonds. The van der Waals surface area contributed by atoms with E-state index in [4.69, 9.17) is 25.5 Å². The molecular formula is C5H12AlO5. The second-order valence-corrected chi connectivity index (χ2v) is 1.99. The number of aliphatic hydroxyl groups excluding tert-OH is 5. The zero-order valence-corrected chi connectivity index (χ0v) is 7.11. The standard InChI is InChI=1S/C5H12O5.Al/c6-1-3(8)5(10)4(9)2-7;/h3-10H,1-2H2;/t3-,4+,5?;. The third-order valence-corrected chi connectivity index (χ3v) is 1.16. The number of hydrogen-bond acceptors (Lipinski definition) is 5. The van der Waals surface area contributed by atoms with Crippen LogP contribution in [-0.4, -0.2) is 74.4 Å². The fraction of sp³-hybridized carbons (Fsp3) is 1.00. The van der Waals surface area contributed by atoms with Gasteiger partial charge in [0.25, 0.3) is 0 Å². The second kappa shape index (κ2) is 7.01. The summed E-state index contributed by atoms with van der Waals surface area (Å²) >= 11 is 0. The van der Waals surface area contributed by atoms with Crippen LogP contribution in [0.5, 0.6) is 0 Å². The van der Waals surface area contributed by atoms with E-state index in [1.807, 2.05) is 0 Å². The van der Waals surface area contributed by atoms with Crippen LogP contribution in [0.1, 0.15) is 0 Å². The van der Waals surface area contributed by atoms with Gasteiger partial charge in [0, 0.05) is 17.4 Å². The fourth-order valence-corrected chi connectivity index (χ4v) is 0.472. The molecule has 0 fully saturated rings. The molecule has 0 bridgehead atoms. The summed E-state index contributed by atoms with van der Waals surface area (Å²) in [5.41, 5.74) is 0. The molecule has 0 aromatic carbocycles. The molecule has 0 aliphatic carbocycles. The summed E-state index contributed by atoms with van der Waals surface area (Å²) in [6, 6.07) is 0. The molecule has 0 heterocycles. The summed E-state index contributed by atoms with van der Waals surface area (Å²) in [6.07, 6.45) is -4.29. The van der Waals surface area contributed by atoms with Crippen molar-refractivity contribution >= 4 is 17.4 Å². The molecule has 5 N–H and O–H groups in total. The first-order valence-corrected chi connectivity index (χ1v) is 2.89. The van der Waals surface area contributed by atoms with Gasteiger partial charge in [0.15, 0.2) is 0 Å². The maximum atomic E-state index is 8.77. The molecule has 0 rings (SSSR count). The molecule has 65 valence electrons. The van der Waals surface area contributed by atoms with E-state index in [0.29, 0.717) is 0 Å². The third-order valence-electron chi connectivity index (χ3n) is 1.16. The molecule has 0 aliphatic heterocycles. The van der Waals surface area contributed by atoms with Crippen molar-refractivity contribution < 1.29 is 25.5 Å². The minimum Gasteiger partial charge on any atom is -0.394 e. The average molecular weight is 179 g/mol. The van der Waals surface area contributed by atoms with E-state index in [-0.39, 0.29) is 17.4 Å². The summed E-state index contributed by atoms with van der Waals surface area (Å²) in [6.45, 7) is -1.28. The molecule has 0 aliphatic rings. The first-order valence-electron chi connectivity index (χ1n) is 2.89. The molecule has 3 radical (unpaired) electrons. The molecular weight excluding hydrogens is 167 g/mol. The Morgan fingerprint density at radius 3 is 1.27 bits per heavy atom. The molecule has 1 unspecified atom stereocenters. The van der Waals surface area contributed by atoms with Gasteiger partial charge in [0.1, 0.15) is 18.3 Å². The monoisotopic (exact) mass is 179 g/mol. The summed E-state index contributed by atoms with van der Waals surface area (Å²) in [5, 5.41) is 42.6. The van der Waals surface area contributed by atoms with Crippen LogP contribution in [0.4, 0.5) is 0 Å². The fourth-order valence-electron chi connectivity index (χ4n) is 0.472. The van der Waals surface area contributed by atoms with Crippen molar-refractivity contribution in [3.05, 3.63) is 0 Å². The molecule has 0 saturated heterocycles. The molecule has 11 heavy (non-hydrogen) atoms. The van der Waals surface area contributed by atoms with Crippen molar-refractivity contribution in [2.24, 2.45) is 0 Å². The number of rotatable bonds is 4. The largest absolute Gasteiger partial charge is 0.394 e. The van der Waals surface area contributed by atoms with Crippen LogP contribution >= 0.6 is 0 Å². The van der Waals surface area contributed by atoms with Crippen molar-refractivity contribution in [1.29, 1.82) is 0 Å². The smallest absolute Gasteiger partial charge is 0.110 e. The van der Waals surface area contributed by atoms with Crippen molar-refractivity contribution in [3.8, 4) is 0 Å². The van der Waals surface area contributed by atoms with Gasteiger partial charge in [-0.2, -0.15) is 0 Å². The molecule has 6 heteroatoms. The molecule has 0 aromatic rings. The minimum atomic E-state index is -1.49. The van der Waals surface area contributed by atoms with Gasteiger partial charge in [0.05, 0.1) is 13.2 Å². The summed E-state index contributed by atoms with van der Waals surface area (Å²) < 4.78 is 0. The minimum absolute atomic E-state index is 0. The normalized spacial score (nSPS) is 18.3. The zero-order valence-electron chi connectivity index (χ0n) is 5.96. The van der Waals surface area contributed by atoms with Gasteiger partial charge in [-0.25, -0.2) is 0 Å². The lowest BCUT2D eigenvalue weighted by atomic mass is 10.1. The Balaban J connectivity index is 0. The maximum absolute atomic E-state index is 8.77. The van der Waals surface area contributed by atoms with E-state index in [1.165, 1.54) is 0 Å². The molecule has 0 spiro atoms. The highest BCUT2D eigenvalue weighted by atomic mass is 27.0. The van der Waals surface area contributed by atoms with Crippen LogP contribution in [0.3, 0.4) is 0 Å². The summed E-state index contributed by atoms with van der Waals surface area (Å²) in [7, 11) is 0. The zero-order chi connectivity index (χ0) is 8.15. The van der Waals surface area contributed by atoms with Crippen LogP contribution in [-0.2, 0) is 0 Å². The van der Waals surface area contributed by atoms with Gasteiger partial charge in [-0.3, -0.25) is 0 Å². The molecule has 0 saturated carbocycles. The van der Waals surface area contributed by atoms with Crippen LogP contribution in [0.15, 0.2) is 0 Å². The SMILES string of the molecule is OC[C@@H](O)C(O)[C@@H](O)CO.[Al]. The molecule has 0 aromatic heterocycles. The average Bonchev–Trinajstić information content (AvgIpc) is 2.00. The van der Waals surface area contributed by atoms with E-state index in [2.05, 4.69) is 0 Å². The Bertz CT molecular complexity index is 80.9. The third kappa shape index (κ3) is 4.72. The lowest BCUT2D eigenvalue weighted by Gasteiger charge is -2.19. The Morgan fingerprint density at radius 1 is 0.818 bits per heavy atom. The number of hydrogen-bond donors (Lipinski definition) is 5. The van der Waals surface area contributed by atoms with Crippen molar-refractivity contribution in [3.63, 3.8) is 0 Å². The van der Waals surface area contributed by atoms with Gasteiger partial charge in [-0.05, 0) is 0 Å². The topological polar surface area (TPSA) is 101 Å². The quantitative estimate of drug-likeness (QED) is 0.291. The van der Waals surface area contributed by atoms with E-state index in [1.54, 1.807) is 0 Å². The van der Waals surface area contributed by atoms with Crippen LogP contribution in [0, 0.1) is 0 Å². The predicted octanol–water partition coefficient (Wildman–Crippen LogP) is -3.33. The van der Waals surface area contributed by atoms with E-state index >= 15 is 0 Å². The highest BCUT2D eigenvalue weighted by Crippen LogP contribution is 1.97. The summed E-state index contributed by atoms with van der Waals surface area (Å²) in [5.74, 6) is 0. The Labute approximate surface area is 75.0 Å². The van der Waals surface area contributed by atoms with Gasteiger partial charge >= 0.3 is 0 Å². The van der Waals surface area contributed by atoms with Gasteiger partial charge in [-0.15, -0.1) is 0 Å². The van der Waals surface area contributed by atoms with Crippen molar-refractivity contribution in [2.45, 2.75) is 18.3 Å². The Kier molecular flexibility index (Phi) is 8.85. The lowest BCUT2D eigenvalue weighted by molar-refractivity contribution is -0.0900. The van der Waals surface area contributed by atoms with E-state index in [0.717, 1.165) is 0 Å². The first-order chi connectivity index (χ1) is 4.63. The molecule has 5 nitrogen and oxygen atoms in total. The lowest BCUT2D eigenvalue weighted by Crippen LogP contribution is -2.41. The maximum Gasteiger partial charge on any atom is 0.110 e. The van der Waals surface area contributed by atoms with Crippen molar-refractivity contribution in [1.82, 2.24) is 0 Å². The Hall–Kier alpha value is 0.332. The van der Waals surface area contributed by atoms with Crippen LogP contribution in [0.25, 0.3) is 0 Å². The van der Waals surface area contributed by atoms with Crippen LogP contribution < -0.4 is 0 Å². The Morgan fingerprint density at radius 2 is 1.09 bits per heavy atom. The number of aliphatic hydroxyl groups is 5.